The van der Waals surface area contributed by atoms with Gasteiger partial charge in [0.15, 0.2) is 0 Å². The summed E-state index contributed by atoms with van der Waals surface area (Å²) >= 11 is 0. The molecule has 17 heavy (non-hydrogen) atoms. The number of carboxylic acid groups (broad SMARTS) is 1. The van der Waals surface area contributed by atoms with E-state index in [4.69, 9.17) is 5.11 Å². The highest BCUT2D eigenvalue weighted by Crippen LogP contribution is 2.23. The number of carboxylic acids is 1. The summed E-state index contributed by atoms with van der Waals surface area (Å²) in [4.78, 5) is 11.1. The van der Waals surface area contributed by atoms with Gasteiger partial charge in [-0.05, 0) is 37.1 Å². The van der Waals surface area contributed by atoms with Crippen LogP contribution in [0.1, 0.15) is 34.6 Å². The molecule has 1 heterocycles. The molecule has 0 fully saturated rings. The number of aromatic carboxylic acids is 1. The Morgan fingerprint density at radius 1 is 1.24 bits per heavy atom. The van der Waals surface area contributed by atoms with Crippen LogP contribution in [0.3, 0.4) is 0 Å². The van der Waals surface area contributed by atoms with Crippen LogP contribution in [-0.4, -0.2) is 15.6 Å². The Balaban J connectivity index is 2.44. The Kier molecular flexibility index (Phi) is 3.00. The Morgan fingerprint density at radius 2 is 1.94 bits per heavy atom. The molecule has 1 aromatic heterocycles. The Labute approximate surface area is 100 Å². The second kappa shape index (κ2) is 4.45. The molecule has 0 saturated heterocycles. The van der Waals surface area contributed by atoms with Crippen molar-refractivity contribution in [2.75, 3.05) is 0 Å². The number of nitrogens with zero attached hydrogens (tertiary/aromatic N) is 1. The molecular weight excluding hydrogens is 214 g/mol. The second-order valence-corrected chi connectivity index (χ2v) is 4.14. The van der Waals surface area contributed by atoms with Crippen molar-refractivity contribution < 1.29 is 9.90 Å². The quantitative estimate of drug-likeness (QED) is 0.878. The van der Waals surface area contributed by atoms with E-state index in [1.165, 1.54) is 5.56 Å². The molecule has 0 bridgehead atoms. The second-order valence-electron chi connectivity index (χ2n) is 4.14. The Morgan fingerprint density at radius 3 is 2.59 bits per heavy atom. The molecule has 0 radical (unpaired) electrons. The lowest BCUT2D eigenvalue weighted by atomic mass is 10.0. The summed E-state index contributed by atoms with van der Waals surface area (Å²) in [6, 6.07) is 11.4. The van der Waals surface area contributed by atoms with Crippen LogP contribution in [0.2, 0.25) is 0 Å². The average molecular weight is 229 g/mol. The molecule has 0 saturated carbocycles. The smallest absolute Gasteiger partial charge is 0.352 e. The SMILES string of the molecule is Cc1ccccc1C(C)n1cccc1C(=O)O. The predicted molar refractivity (Wildman–Crippen MR) is 66.4 cm³/mol. The number of aromatic nitrogens is 1. The third-order valence-corrected chi connectivity index (χ3v) is 3.05. The minimum atomic E-state index is -0.893. The maximum absolute atomic E-state index is 11.1. The third-order valence-electron chi connectivity index (χ3n) is 3.05. The van der Waals surface area contributed by atoms with Crippen LogP contribution < -0.4 is 0 Å². The highest BCUT2D eigenvalue weighted by atomic mass is 16.4. The van der Waals surface area contributed by atoms with E-state index in [1.807, 2.05) is 38.1 Å². The minimum Gasteiger partial charge on any atom is -0.477 e. The van der Waals surface area contributed by atoms with Gasteiger partial charge in [-0.1, -0.05) is 24.3 Å². The largest absolute Gasteiger partial charge is 0.477 e. The van der Waals surface area contributed by atoms with Crippen molar-refractivity contribution in [3.05, 3.63) is 59.4 Å². The first kappa shape index (κ1) is 11.5. The fraction of sp³-hybridized carbons (Fsp3) is 0.214. The van der Waals surface area contributed by atoms with Crippen molar-refractivity contribution in [1.29, 1.82) is 0 Å². The molecular formula is C14H15NO2. The molecule has 1 aromatic carbocycles. The van der Waals surface area contributed by atoms with Gasteiger partial charge in [-0.2, -0.15) is 0 Å². The fourth-order valence-electron chi connectivity index (χ4n) is 2.12. The van der Waals surface area contributed by atoms with E-state index in [9.17, 15) is 4.79 Å². The molecule has 2 rings (SSSR count). The van der Waals surface area contributed by atoms with Gasteiger partial charge in [-0.25, -0.2) is 4.79 Å². The van der Waals surface area contributed by atoms with Crippen LogP contribution in [0.4, 0.5) is 0 Å². The lowest BCUT2D eigenvalue weighted by Gasteiger charge is -2.18. The first-order chi connectivity index (χ1) is 8.11. The minimum absolute atomic E-state index is 0.0253. The van der Waals surface area contributed by atoms with Crippen LogP contribution in [0.25, 0.3) is 0 Å². The topological polar surface area (TPSA) is 42.2 Å². The van der Waals surface area contributed by atoms with E-state index in [2.05, 4.69) is 0 Å². The summed E-state index contributed by atoms with van der Waals surface area (Å²) in [5, 5.41) is 9.10. The van der Waals surface area contributed by atoms with Crippen molar-refractivity contribution in [3.63, 3.8) is 0 Å². The number of hydrogen-bond donors (Lipinski definition) is 1. The molecule has 2 aromatic rings. The van der Waals surface area contributed by atoms with Gasteiger partial charge in [0, 0.05) is 6.20 Å². The van der Waals surface area contributed by atoms with E-state index in [0.29, 0.717) is 5.69 Å². The van der Waals surface area contributed by atoms with Crippen LogP contribution in [-0.2, 0) is 0 Å². The van der Waals surface area contributed by atoms with Crippen molar-refractivity contribution in [1.82, 2.24) is 4.57 Å². The molecule has 0 aliphatic rings. The maximum atomic E-state index is 11.1. The van der Waals surface area contributed by atoms with E-state index >= 15 is 0 Å². The Hall–Kier alpha value is -2.03. The van der Waals surface area contributed by atoms with Gasteiger partial charge in [0.1, 0.15) is 5.69 Å². The summed E-state index contributed by atoms with van der Waals surface area (Å²) in [6.07, 6.45) is 1.81. The monoisotopic (exact) mass is 229 g/mol. The van der Waals surface area contributed by atoms with Crippen LogP contribution >= 0.6 is 0 Å². The van der Waals surface area contributed by atoms with Crippen LogP contribution in [0, 0.1) is 6.92 Å². The summed E-state index contributed by atoms with van der Waals surface area (Å²) in [5.74, 6) is -0.893. The molecule has 0 spiro atoms. The molecule has 88 valence electrons. The van der Waals surface area contributed by atoms with Gasteiger partial charge in [0.2, 0.25) is 0 Å². The van der Waals surface area contributed by atoms with Crippen molar-refractivity contribution in [2.24, 2.45) is 0 Å². The normalized spacial score (nSPS) is 12.4. The summed E-state index contributed by atoms with van der Waals surface area (Å²) in [5.41, 5.74) is 2.64. The van der Waals surface area contributed by atoms with Gasteiger partial charge in [-0.15, -0.1) is 0 Å². The van der Waals surface area contributed by atoms with Gasteiger partial charge in [0.25, 0.3) is 0 Å². The number of hydrogen-bond acceptors (Lipinski definition) is 1. The van der Waals surface area contributed by atoms with Crippen molar-refractivity contribution >= 4 is 5.97 Å². The zero-order valence-corrected chi connectivity index (χ0v) is 9.92. The zero-order chi connectivity index (χ0) is 12.4. The number of benzene rings is 1. The summed E-state index contributed by atoms with van der Waals surface area (Å²) < 4.78 is 1.78. The van der Waals surface area contributed by atoms with Crippen molar-refractivity contribution in [2.45, 2.75) is 19.9 Å². The Bertz CT molecular complexity index is 543. The van der Waals surface area contributed by atoms with Gasteiger partial charge in [-0.3, -0.25) is 0 Å². The molecule has 0 aliphatic carbocycles. The predicted octanol–water partition coefficient (Wildman–Crippen LogP) is 3.10. The molecule has 1 unspecified atom stereocenters. The zero-order valence-electron chi connectivity index (χ0n) is 9.92. The number of aryl methyl sites for hydroxylation is 1. The fourth-order valence-corrected chi connectivity index (χ4v) is 2.12. The van der Waals surface area contributed by atoms with Gasteiger partial charge >= 0.3 is 5.97 Å². The average Bonchev–Trinajstić information content (AvgIpc) is 2.77. The first-order valence-corrected chi connectivity index (χ1v) is 5.57. The van der Waals surface area contributed by atoms with E-state index in [-0.39, 0.29) is 6.04 Å². The third kappa shape index (κ3) is 2.09. The highest BCUT2D eigenvalue weighted by molar-refractivity contribution is 5.85. The maximum Gasteiger partial charge on any atom is 0.352 e. The van der Waals surface area contributed by atoms with Crippen molar-refractivity contribution in [3.8, 4) is 0 Å². The van der Waals surface area contributed by atoms with Crippen LogP contribution in [0.15, 0.2) is 42.6 Å². The van der Waals surface area contributed by atoms with E-state index in [1.54, 1.807) is 22.9 Å². The molecule has 0 aliphatic heterocycles. The van der Waals surface area contributed by atoms with Gasteiger partial charge in [0.05, 0.1) is 6.04 Å². The lowest BCUT2D eigenvalue weighted by Crippen LogP contribution is -2.13. The highest BCUT2D eigenvalue weighted by Gasteiger charge is 2.15. The molecule has 1 atom stereocenters. The standard InChI is InChI=1S/C14H15NO2/c1-10-6-3-4-7-12(10)11(2)15-9-5-8-13(15)14(16)17/h3-9,11H,1-2H3,(H,16,17). The molecule has 1 N–H and O–H groups in total. The summed E-state index contributed by atoms with van der Waals surface area (Å²) in [6.45, 7) is 4.05. The molecule has 0 amide bonds. The van der Waals surface area contributed by atoms with Gasteiger partial charge < -0.3 is 9.67 Å². The van der Waals surface area contributed by atoms with E-state index in [0.717, 1.165) is 5.56 Å². The number of carbonyl (C=O) groups is 1. The molecule has 3 heteroatoms. The summed E-state index contributed by atoms with van der Waals surface area (Å²) in [7, 11) is 0. The molecule has 3 nitrogen and oxygen atoms in total. The lowest BCUT2D eigenvalue weighted by molar-refractivity contribution is 0.0684. The number of rotatable bonds is 3. The van der Waals surface area contributed by atoms with Crippen LogP contribution in [0.5, 0.6) is 0 Å². The first-order valence-electron chi connectivity index (χ1n) is 5.57. The van der Waals surface area contributed by atoms with E-state index < -0.39 is 5.97 Å².